The Morgan fingerprint density at radius 2 is 1.85 bits per heavy atom. The number of amides is 2. The van der Waals surface area contributed by atoms with Gasteiger partial charge in [0.15, 0.2) is 0 Å². The average molecular weight is 374 g/mol. The van der Waals surface area contributed by atoms with Crippen LogP contribution in [-0.2, 0) is 9.59 Å². The van der Waals surface area contributed by atoms with Crippen molar-refractivity contribution in [1.82, 2.24) is 19.7 Å². The van der Waals surface area contributed by atoms with Crippen molar-refractivity contribution >= 4 is 17.5 Å². The topological polar surface area (TPSA) is 60.0 Å². The second-order valence-corrected chi connectivity index (χ2v) is 7.80. The summed E-state index contributed by atoms with van der Waals surface area (Å²) in [5.41, 5.74) is 3.23. The molecule has 2 amide bonds. The fourth-order valence-corrected chi connectivity index (χ4v) is 3.97. The maximum absolute atomic E-state index is 12.2. The van der Waals surface area contributed by atoms with Crippen LogP contribution in [0.1, 0.15) is 37.2 Å². The molecule has 1 aromatic rings. The quantitative estimate of drug-likeness (QED) is 0.796. The summed E-state index contributed by atoms with van der Waals surface area (Å²) in [5.74, 6) is 0.281. The molecule has 3 heterocycles. The summed E-state index contributed by atoms with van der Waals surface area (Å²) in [6.45, 7) is 8.26. The monoisotopic (exact) mass is 373 g/mol. The molecule has 0 bridgehead atoms. The van der Waals surface area contributed by atoms with Gasteiger partial charge in [-0.05, 0) is 38.4 Å². The highest BCUT2D eigenvalue weighted by Crippen LogP contribution is 2.33. The molecule has 2 aliphatic heterocycles. The van der Waals surface area contributed by atoms with Crippen LogP contribution >= 0.6 is 0 Å². The first-order valence-electron chi connectivity index (χ1n) is 9.78. The van der Waals surface area contributed by atoms with Gasteiger partial charge in [0.1, 0.15) is 0 Å². The van der Waals surface area contributed by atoms with E-state index in [1.807, 2.05) is 11.8 Å². The number of hydrogen-bond donors (Lipinski definition) is 0. The molecule has 0 radical (unpaired) electrons. The highest BCUT2D eigenvalue weighted by molar-refractivity contribution is 5.77. The highest BCUT2D eigenvalue weighted by Gasteiger charge is 2.30. The molecular weight excluding hydrogens is 342 g/mol. The van der Waals surface area contributed by atoms with Gasteiger partial charge < -0.3 is 14.7 Å². The van der Waals surface area contributed by atoms with Crippen molar-refractivity contribution in [3.8, 4) is 0 Å². The molecule has 0 saturated carbocycles. The van der Waals surface area contributed by atoms with Gasteiger partial charge in [-0.1, -0.05) is 0 Å². The molecular formula is C20H31N5O2. The second kappa shape index (κ2) is 8.25. The van der Waals surface area contributed by atoms with Gasteiger partial charge >= 0.3 is 0 Å². The summed E-state index contributed by atoms with van der Waals surface area (Å²) in [4.78, 5) is 36.7. The van der Waals surface area contributed by atoms with Crippen LogP contribution in [0.4, 0.5) is 5.69 Å². The van der Waals surface area contributed by atoms with E-state index >= 15 is 0 Å². The molecule has 0 aromatic carbocycles. The minimum Gasteiger partial charge on any atom is -0.368 e. The summed E-state index contributed by atoms with van der Waals surface area (Å²) in [6.07, 6.45) is 2.13. The molecule has 2 fully saturated rings. The van der Waals surface area contributed by atoms with Gasteiger partial charge in [0.05, 0.1) is 18.3 Å². The molecule has 2 saturated heterocycles. The molecule has 3 rings (SSSR count). The summed E-state index contributed by atoms with van der Waals surface area (Å²) in [5, 5.41) is 0. The molecule has 7 heteroatoms. The number of likely N-dealkylation sites (tertiary alicyclic amines) is 1. The molecule has 7 nitrogen and oxygen atoms in total. The van der Waals surface area contributed by atoms with E-state index in [0.717, 1.165) is 57.0 Å². The van der Waals surface area contributed by atoms with Crippen LogP contribution in [0.2, 0.25) is 0 Å². The van der Waals surface area contributed by atoms with Gasteiger partial charge in [-0.25, -0.2) is 0 Å². The number of carbonyl (C=O) groups excluding carboxylic acids is 2. The Labute approximate surface area is 161 Å². The van der Waals surface area contributed by atoms with E-state index in [0.29, 0.717) is 6.54 Å². The number of aromatic nitrogens is 1. The van der Waals surface area contributed by atoms with E-state index in [4.69, 9.17) is 4.98 Å². The fourth-order valence-electron chi connectivity index (χ4n) is 3.97. The molecule has 0 aliphatic carbocycles. The predicted molar refractivity (Wildman–Crippen MR) is 106 cm³/mol. The Balaban J connectivity index is 1.75. The maximum atomic E-state index is 12.2. The van der Waals surface area contributed by atoms with E-state index in [-0.39, 0.29) is 17.9 Å². The predicted octanol–water partition coefficient (Wildman–Crippen LogP) is 1.28. The summed E-state index contributed by atoms with van der Waals surface area (Å²) in [7, 11) is 3.61. The van der Waals surface area contributed by atoms with Crippen molar-refractivity contribution < 1.29 is 9.59 Å². The van der Waals surface area contributed by atoms with Gasteiger partial charge in [0, 0.05) is 58.6 Å². The van der Waals surface area contributed by atoms with Crippen LogP contribution in [0.25, 0.3) is 0 Å². The number of nitrogens with zero attached hydrogens (tertiary/aromatic N) is 5. The zero-order valence-corrected chi connectivity index (χ0v) is 16.9. The normalized spacial score (nSPS) is 20.8. The minimum absolute atomic E-state index is 0.134. The number of piperazine rings is 1. The molecule has 0 spiro atoms. The molecule has 1 aromatic heterocycles. The highest BCUT2D eigenvalue weighted by atomic mass is 16.2. The molecule has 1 atom stereocenters. The molecule has 0 unspecified atom stereocenters. The van der Waals surface area contributed by atoms with Crippen LogP contribution in [0.5, 0.6) is 0 Å². The summed E-state index contributed by atoms with van der Waals surface area (Å²) < 4.78 is 0. The lowest BCUT2D eigenvalue weighted by atomic mass is 10.1. The van der Waals surface area contributed by atoms with Crippen LogP contribution in [0.15, 0.2) is 12.1 Å². The lowest BCUT2D eigenvalue weighted by Crippen LogP contribution is -2.48. The molecule has 27 heavy (non-hydrogen) atoms. The number of rotatable bonds is 4. The number of aryl methyl sites for hydroxylation is 1. The van der Waals surface area contributed by atoms with Gasteiger partial charge in [0.25, 0.3) is 0 Å². The largest absolute Gasteiger partial charge is 0.368 e. The average Bonchev–Trinajstić information content (AvgIpc) is 3.09. The minimum atomic E-state index is 0.134. The molecule has 2 aliphatic rings. The number of likely N-dealkylation sites (N-methyl/N-ethyl adjacent to an activating group) is 1. The van der Waals surface area contributed by atoms with Crippen molar-refractivity contribution in [2.45, 2.75) is 32.7 Å². The van der Waals surface area contributed by atoms with Crippen LogP contribution in [0, 0.1) is 6.92 Å². The Hall–Kier alpha value is -2.15. The third-order valence-corrected chi connectivity index (χ3v) is 5.59. The van der Waals surface area contributed by atoms with Gasteiger partial charge in [-0.3, -0.25) is 19.5 Å². The van der Waals surface area contributed by atoms with Crippen molar-refractivity contribution in [1.29, 1.82) is 0 Å². The number of carbonyl (C=O) groups is 2. The Kier molecular flexibility index (Phi) is 5.99. The van der Waals surface area contributed by atoms with Crippen molar-refractivity contribution in [2.24, 2.45) is 0 Å². The smallest absolute Gasteiger partial charge is 0.236 e. The van der Waals surface area contributed by atoms with Gasteiger partial charge in [-0.2, -0.15) is 0 Å². The zero-order chi connectivity index (χ0) is 19.6. The first kappa shape index (κ1) is 19.6. The number of anilines is 1. The standard InChI is InChI=1S/C20H31N5O2/c1-15-12-17(24-10-8-23(9-11-24)16(2)26)13-18(21-15)19-6-5-7-25(19)14-20(27)22(3)4/h12-13,19H,5-11,14H2,1-4H3/t19-/m0/s1. The van der Waals surface area contributed by atoms with Crippen molar-refractivity contribution in [3.63, 3.8) is 0 Å². The lowest BCUT2D eigenvalue weighted by molar-refractivity contribution is -0.130. The maximum Gasteiger partial charge on any atom is 0.236 e. The van der Waals surface area contributed by atoms with Gasteiger partial charge in [0.2, 0.25) is 11.8 Å². The molecule has 148 valence electrons. The lowest BCUT2D eigenvalue weighted by Gasteiger charge is -2.36. The van der Waals surface area contributed by atoms with Crippen molar-refractivity contribution in [3.05, 3.63) is 23.5 Å². The second-order valence-electron chi connectivity index (χ2n) is 7.80. The fraction of sp³-hybridized carbons (Fsp3) is 0.650. The SMILES string of the molecule is CC(=O)N1CCN(c2cc(C)nc([C@@H]3CCCN3CC(=O)N(C)C)c2)CC1. The summed E-state index contributed by atoms with van der Waals surface area (Å²) >= 11 is 0. The first-order chi connectivity index (χ1) is 12.8. The van der Waals surface area contributed by atoms with E-state index in [1.165, 1.54) is 5.69 Å². The summed E-state index contributed by atoms with van der Waals surface area (Å²) in [6, 6.07) is 4.50. The van der Waals surface area contributed by atoms with Crippen LogP contribution in [0.3, 0.4) is 0 Å². The number of hydrogen-bond acceptors (Lipinski definition) is 5. The van der Waals surface area contributed by atoms with E-state index in [2.05, 4.69) is 21.9 Å². The zero-order valence-electron chi connectivity index (χ0n) is 16.9. The van der Waals surface area contributed by atoms with Gasteiger partial charge in [-0.15, -0.1) is 0 Å². The Bertz CT molecular complexity index is 698. The van der Waals surface area contributed by atoms with E-state index in [1.54, 1.807) is 25.9 Å². The van der Waals surface area contributed by atoms with Crippen LogP contribution in [-0.4, -0.2) is 84.9 Å². The third kappa shape index (κ3) is 4.58. The van der Waals surface area contributed by atoms with E-state index < -0.39 is 0 Å². The Morgan fingerprint density at radius 3 is 2.48 bits per heavy atom. The van der Waals surface area contributed by atoms with E-state index in [9.17, 15) is 9.59 Å². The van der Waals surface area contributed by atoms with Crippen molar-refractivity contribution in [2.75, 3.05) is 58.3 Å². The Morgan fingerprint density at radius 1 is 1.15 bits per heavy atom. The molecule has 0 N–H and O–H groups in total. The first-order valence-corrected chi connectivity index (χ1v) is 9.78. The van der Waals surface area contributed by atoms with Crippen LogP contribution < -0.4 is 4.90 Å². The third-order valence-electron chi connectivity index (χ3n) is 5.59. The number of pyridine rings is 1.